The topological polar surface area (TPSA) is 68.8 Å². The lowest BCUT2D eigenvalue weighted by Crippen LogP contribution is -2.50. The van der Waals surface area contributed by atoms with Gasteiger partial charge in [-0.25, -0.2) is 0 Å². The van der Waals surface area contributed by atoms with Gasteiger partial charge in [0.2, 0.25) is 0 Å². The molecule has 6 heteroatoms. The van der Waals surface area contributed by atoms with E-state index in [0.29, 0.717) is 32.1 Å². The van der Waals surface area contributed by atoms with Crippen molar-refractivity contribution in [3.05, 3.63) is 66.2 Å². The minimum absolute atomic E-state index is 0.141. The van der Waals surface area contributed by atoms with Crippen LogP contribution in [0.5, 0.6) is 5.75 Å². The third-order valence-corrected chi connectivity index (χ3v) is 4.04. The highest BCUT2D eigenvalue weighted by atomic mass is 16.7. The van der Waals surface area contributed by atoms with Crippen LogP contribution in [0.25, 0.3) is 0 Å². The zero-order chi connectivity index (χ0) is 18.0. The van der Waals surface area contributed by atoms with Gasteiger partial charge < -0.3 is 24.8 Å². The van der Waals surface area contributed by atoms with Crippen molar-refractivity contribution >= 4 is 5.91 Å². The van der Waals surface area contributed by atoms with E-state index in [4.69, 9.17) is 14.2 Å². The molecular weight excluding hydrogens is 332 g/mol. The van der Waals surface area contributed by atoms with Crippen LogP contribution in [0.15, 0.2) is 60.7 Å². The summed E-state index contributed by atoms with van der Waals surface area (Å²) in [5.74, 6) is 0.513. The van der Waals surface area contributed by atoms with E-state index in [0.717, 1.165) is 5.56 Å². The lowest BCUT2D eigenvalue weighted by atomic mass is 10.1. The fraction of sp³-hybridized carbons (Fsp3) is 0.350. The van der Waals surface area contributed by atoms with Gasteiger partial charge in [-0.2, -0.15) is 0 Å². The maximum absolute atomic E-state index is 12.3. The van der Waals surface area contributed by atoms with Gasteiger partial charge in [-0.15, -0.1) is 0 Å². The molecule has 2 aromatic carbocycles. The van der Waals surface area contributed by atoms with Crippen molar-refractivity contribution in [1.82, 2.24) is 10.6 Å². The summed E-state index contributed by atoms with van der Waals surface area (Å²) in [5, 5.41) is 6.16. The number of nitrogens with one attached hydrogen (secondary N) is 2. The highest BCUT2D eigenvalue weighted by molar-refractivity contribution is 5.82. The van der Waals surface area contributed by atoms with Crippen LogP contribution in [0.1, 0.15) is 5.56 Å². The number of para-hydroxylation sites is 1. The molecule has 0 aliphatic carbocycles. The predicted octanol–water partition coefficient (Wildman–Crippen LogP) is 1.71. The van der Waals surface area contributed by atoms with Crippen molar-refractivity contribution < 1.29 is 19.0 Å². The van der Waals surface area contributed by atoms with E-state index in [-0.39, 0.29) is 18.7 Å². The normalized spacial score (nSPS) is 20.2. The first-order chi connectivity index (χ1) is 12.8. The Labute approximate surface area is 153 Å². The summed E-state index contributed by atoms with van der Waals surface area (Å²) >= 11 is 0. The average Bonchev–Trinajstić information content (AvgIpc) is 2.85. The van der Waals surface area contributed by atoms with E-state index in [1.165, 1.54) is 0 Å². The highest BCUT2D eigenvalue weighted by Gasteiger charge is 2.32. The molecule has 0 aromatic heterocycles. The Morgan fingerprint density at radius 1 is 0.923 bits per heavy atom. The summed E-state index contributed by atoms with van der Waals surface area (Å²) in [6.45, 7) is 2.20. The summed E-state index contributed by atoms with van der Waals surface area (Å²) in [5.41, 5.74) is 1.09. The molecule has 0 radical (unpaired) electrons. The molecule has 138 valence electrons. The fourth-order valence-corrected chi connectivity index (χ4v) is 2.73. The molecule has 6 nitrogen and oxygen atoms in total. The molecule has 1 fully saturated rings. The van der Waals surface area contributed by atoms with E-state index in [1.807, 2.05) is 60.7 Å². The molecule has 0 unspecified atom stereocenters. The van der Waals surface area contributed by atoms with E-state index >= 15 is 0 Å². The monoisotopic (exact) mass is 356 g/mol. The summed E-state index contributed by atoms with van der Waals surface area (Å²) < 4.78 is 17.0. The van der Waals surface area contributed by atoms with Gasteiger partial charge in [0.05, 0.1) is 19.3 Å². The third-order valence-electron chi connectivity index (χ3n) is 4.04. The van der Waals surface area contributed by atoms with Crippen LogP contribution in [-0.4, -0.2) is 44.5 Å². The predicted molar refractivity (Wildman–Crippen MR) is 97.7 cm³/mol. The first-order valence-corrected chi connectivity index (χ1v) is 8.75. The van der Waals surface area contributed by atoms with Crippen LogP contribution < -0.4 is 15.4 Å². The third kappa shape index (κ3) is 5.56. The number of hydrogen-bond acceptors (Lipinski definition) is 5. The maximum Gasteiger partial charge on any atom is 0.262 e. The number of hydrogen-bond donors (Lipinski definition) is 2. The van der Waals surface area contributed by atoms with Crippen molar-refractivity contribution in [1.29, 1.82) is 0 Å². The second-order valence-corrected chi connectivity index (χ2v) is 6.03. The lowest BCUT2D eigenvalue weighted by Gasteiger charge is -2.25. The van der Waals surface area contributed by atoms with Gasteiger partial charge in [-0.1, -0.05) is 48.5 Å². The second kappa shape index (κ2) is 9.91. The Bertz CT molecular complexity index is 666. The van der Waals surface area contributed by atoms with E-state index in [1.54, 1.807) is 0 Å². The van der Waals surface area contributed by atoms with Crippen LogP contribution >= 0.6 is 0 Å². The van der Waals surface area contributed by atoms with Crippen molar-refractivity contribution in [2.45, 2.75) is 18.8 Å². The highest BCUT2D eigenvalue weighted by Crippen LogP contribution is 2.14. The zero-order valence-electron chi connectivity index (χ0n) is 14.6. The van der Waals surface area contributed by atoms with Gasteiger partial charge >= 0.3 is 0 Å². The van der Waals surface area contributed by atoms with E-state index < -0.39 is 6.10 Å². The number of carbonyl (C=O) groups is 1. The minimum Gasteiger partial charge on any atom is -0.479 e. The van der Waals surface area contributed by atoms with Gasteiger partial charge in [0.1, 0.15) is 12.5 Å². The van der Waals surface area contributed by atoms with E-state index in [2.05, 4.69) is 10.6 Å². The molecule has 0 spiro atoms. The first-order valence-electron chi connectivity index (χ1n) is 8.75. The molecule has 1 aliphatic rings. The minimum atomic E-state index is -0.658. The SMILES string of the molecule is O=C1NCCN[C@H](COCOCc2ccccc2)[C@@H]1Oc1ccccc1. The fourth-order valence-electron chi connectivity index (χ4n) is 2.73. The van der Waals surface area contributed by atoms with Crippen LogP contribution in [0, 0.1) is 0 Å². The largest absolute Gasteiger partial charge is 0.479 e. The van der Waals surface area contributed by atoms with E-state index in [9.17, 15) is 4.79 Å². The van der Waals surface area contributed by atoms with Gasteiger partial charge in [-0.3, -0.25) is 4.79 Å². The number of ether oxygens (including phenoxy) is 3. The van der Waals surface area contributed by atoms with Crippen LogP contribution in [0.4, 0.5) is 0 Å². The van der Waals surface area contributed by atoms with Gasteiger partial charge in [0, 0.05) is 13.1 Å². The van der Waals surface area contributed by atoms with Gasteiger partial charge in [0.15, 0.2) is 6.10 Å². The van der Waals surface area contributed by atoms with Gasteiger partial charge in [0.25, 0.3) is 5.91 Å². The standard InChI is InChI=1S/C20H24N2O4/c23-20-19(26-17-9-5-2-6-10-17)18(21-11-12-22-20)14-25-15-24-13-16-7-3-1-4-8-16/h1-10,18-19,21H,11-15H2,(H,22,23)/t18-,19+/m1/s1. The Morgan fingerprint density at radius 3 is 2.42 bits per heavy atom. The van der Waals surface area contributed by atoms with Crippen molar-refractivity contribution in [3.8, 4) is 5.75 Å². The van der Waals surface area contributed by atoms with Crippen molar-refractivity contribution in [2.75, 3.05) is 26.5 Å². The molecule has 3 rings (SSSR count). The summed E-state index contributed by atoms with van der Waals surface area (Å²) in [7, 11) is 0. The number of rotatable bonds is 8. The average molecular weight is 356 g/mol. The molecule has 0 bridgehead atoms. The molecule has 1 heterocycles. The van der Waals surface area contributed by atoms with Crippen LogP contribution in [0.2, 0.25) is 0 Å². The van der Waals surface area contributed by atoms with Crippen molar-refractivity contribution in [3.63, 3.8) is 0 Å². The molecular formula is C20H24N2O4. The molecule has 26 heavy (non-hydrogen) atoms. The summed E-state index contributed by atoms with van der Waals surface area (Å²) in [6.07, 6.45) is -0.658. The molecule has 2 atom stereocenters. The molecule has 2 N–H and O–H groups in total. The molecule has 0 saturated carbocycles. The summed E-state index contributed by atoms with van der Waals surface area (Å²) in [6, 6.07) is 19.0. The Hall–Kier alpha value is -2.41. The quantitative estimate of drug-likeness (QED) is 0.557. The smallest absolute Gasteiger partial charge is 0.262 e. The van der Waals surface area contributed by atoms with Gasteiger partial charge in [-0.05, 0) is 17.7 Å². The van der Waals surface area contributed by atoms with Crippen molar-refractivity contribution in [2.24, 2.45) is 0 Å². The Morgan fingerprint density at radius 2 is 1.65 bits per heavy atom. The zero-order valence-corrected chi connectivity index (χ0v) is 14.6. The maximum atomic E-state index is 12.3. The molecule has 1 aliphatic heterocycles. The molecule has 1 saturated heterocycles. The summed E-state index contributed by atoms with van der Waals surface area (Å²) in [4.78, 5) is 12.3. The molecule has 1 amide bonds. The number of carbonyl (C=O) groups excluding carboxylic acids is 1. The second-order valence-electron chi connectivity index (χ2n) is 6.03. The Kier molecular flexibility index (Phi) is 7.01. The van der Waals surface area contributed by atoms with Crippen LogP contribution in [-0.2, 0) is 20.9 Å². The first kappa shape index (κ1) is 18.4. The molecule has 2 aromatic rings. The number of amides is 1. The number of benzene rings is 2. The lowest BCUT2D eigenvalue weighted by molar-refractivity contribution is -0.130. The van der Waals surface area contributed by atoms with Crippen LogP contribution in [0.3, 0.4) is 0 Å². The Balaban J connectivity index is 1.49.